The second kappa shape index (κ2) is 5.95. The van der Waals surface area contributed by atoms with Crippen molar-refractivity contribution in [2.75, 3.05) is 18.3 Å². The number of aromatic nitrogens is 1. The lowest BCUT2D eigenvalue weighted by Crippen LogP contribution is -2.26. The number of anilines is 1. The molecule has 2 heterocycles. The Kier molecular flexibility index (Phi) is 3.79. The second-order valence-corrected chi connectivity index (χ2v) is 7.10. The van der Waals surface area contributed by atoms with Gasteiger partial charge in [0, 0.05) is 53.7 Å². The minimum absolute atomic E-state index is 1.05. The lowest BCUT2D eigenvalue weighted by atomic mass is 10.1. The number of benzene rings is 2. The second-order valence-electron chi connectivity index (χ2n) is 6.22. The number of nitrogens with zero attached hydrogens (tertiary/aromatic N) is 2. The van der Waals surface area contributed by atoms with Gasteiger partial charge in [0.2, 0.25) is 0 Å². The first-order valence-corrected chi connectivity index (χ1v) is 8.80. The van der Waals surface area contributed by atoms with E-state index in [0.29, 0.717) is 0 Å². The van der Waals surface area contributed by atoms with Gasteiger partial charge in [-0.05, 0) is 54.9 Å². The SMILES string of the molecule is CN1CCc2c(c3cc(SNc4ccccc4)ccc3n2C)C1. The molecule has 0 bridgehead atoms. The standard InChI is InChI=1S/C19H21N3S/c1-21-11-10-19-17(13-21)16-12-15(8-9-18(16)22(19)2)23-20-14-6-4-3-5-7-14/h3-9,12,20H,10-11,13H2,1-2H3. The summed E-state index contributed by atoms with van der Waals surface area (Å²) in [6, 6.07) is 17.1. The zero-order chi connectivity index (χ0) is 15.8. The van der Waals surface area contributed by atoms with E-state index < -0.39 is 0 Å². The molecule has 1 aromatic heterocycles. The monoisotopic (exact) mass is 323 g/mol. The van der Waals surface area contributed by atoms with Gasteiger partial charge in [-0.25, -0.2) is 0 Å². The van der Waals surface area contributed by atoms with Crippen molar-refractivity contribution in [2.24, 2.45) is 7.05 Å². The maximum atomic E-state index is 3.42. The normalized spacial score (nSPS) is 14.9. The summed E-state index contributed by atoms with van der Waals surface area (Å²) in [4.78, 5) is 3.66. The summed E-state index contributed by atoms with van der Waals surface area (Å²) in [6.45, 7) is 2.20. The predicted molar refractivity (Wildman–Crippen MR) is 98.9 cm³/mol. The lowest BCUT2D eigenvalue weighted by molar-refractivity contribution is 0.310. The molecule has 1 aliphatic rings. The number of para-hydroxylation sites is 1. The number of aryl methyl sites for hydroxylation is 1. The predicted octanol–water partition coefficient (Wildman–Crippen LogP) is 4.29. The molecule has 0 aliphatic carbocycles. The van der Waals surface area contributed by atoms with Crippen molar-refractivity contribution >= 4 is 28.5 Å². The molecule has 0 saturated carbocycles. The van der Waals surface area contributed by atoms with E-state index in [0.717, 1.165) is 25.2 Å². The zero-order valence-electron chi connectivity index (χ0n) is 13.5. The molecule has 0 unspecified atom stereocenters. The van der Waals surface area contributed by atoms with Crippen LogP contribution < -0.4 is 4.72 Å². The topological polar surface area (TPSA) is 20.2 Å². The average molecular weight is 323 g/mol. The molecule has 0 fully saturated rings. The Morgan fingerprint density at radius 2 is 1.87 bits per heavy atom. The van der Waals surface area contributed by atoms with E-state index in [9.17, 15) is 0 Å². The highest BCUT2D eigenvalue weighted by atomic mass is 32.2. The molecule has 1 aliphatic heterocycles. The molecule has 0 spiro atoms. The summed E-state index contributed by atoms with van der Waals surface area (Å²) in [5.74, 6) is 0. The highest BCUT2D eigenvalue weighted by Gasteiger charge is 2.20. The van der Waals surface area contributed by atoms with Crippen molar-refractivity contribution in [3.05, 3.63) is 59.8 Å². The molecule has 3 nitrogen and oxygen atoms in total. The van der Waals surface area contributed by atoms with E-state index in [4.69, 9.17) is 0 Å². The van der Waals surface area contributed by atoms with Crippen molar-refractivity contribution in [2.45, 2.75) is 17.9 Å². The number of likely N-dealkylation sites (N-methyl/N-ethyl adjacent to an activating group) is 1. The Balaban J connectivity index is 1.66. The summed E-state index contributed by atoms with van der Waals surface area (Å²) >= 11 is 1.68. The average Bonchev–Trinajstić information content (AvgIpc) is 2.86. The molecule has 4 rings (SSSR count). The quantitative estimate of drug-likeness (QED) is 0.726. The van der Waals surface area contributed by atoms with Crippen molar-refractivity contribution < 1.29 is 0 Å². The van der Waals surface area contributed by atoms with Crippen LogP contribution in [0.2, 0.25) is 0 Å². The van der Waals surface area contributed by atoms with Gasteiger partial charge in [-0.15, -0.1) is 0 Å². The number of rotatable bonds is 3. The fourth-order valence-electron chi connectivity index (χ4n) is 3.38. The molecule has 0 saturated heterocycles. The molecule has 4 heteroatoms. The van der Waals surface area contributed by atoms with Crippen molar-refractivity contribution in [1.82, 2.24) is 9.47 Å². The molecule has 1 N–H and O–H groups in total. The van der Waals surface area contributed by atoms with E-state index in [1.54, 1.807) is 11.9 Å². The highest BCUT2D eigenvalue weighted by Crippen LogP contribution is 2.33. The molecule has 3 aromatic rings. The highest BCUT2D eigenvalue weighted by molar-refractivity contribution is 8.00. The van der Waals surface area contributed by atoms with Crippen LogP contribution in [0.15, 0.2) is 53.4 Å². The largest absolute Gasteiger partial charge is 0.347 e. The van der Waals surface area contributed by atoms with Crippen LogP contribution in [0.5, 0.6) is 0 Å². The van der Waals surface area contributed by atoms with Crippen LogP contribution in [0.1, 0.15) is 11.3 Å². The van der Waals surface area contributed by atoms with E-state index in [2.05, 4.69) is 70.7 Å². The Morgan fingerprint density at radius 3 is 2.70 bits per heavy atom. The Morgan fingerprint density at radius 1 is 1.04 bits per heavy atom. The van der Waals surface area contributed by atoms with Gasteiger partial charge in [0.1, 0.15) is 0 Å². The van der Waals surface area contributed by atoms with Gasteiger partial charge in [0.15, 0.2) is 0 Å². The fraction of sp³-hybridized carbons (Fsp3) is 0.263. The number of hydrogen-bond donors (Lipinski definition) is 1. The van der Waals surface area contributed by atoms with Gasteiger partial charge in [-0.1, -0.05) is 18.2 Å². The minimum atomic E-state index is 1.05. The third-order valence-electron chi connectivity index (χ3n) is 4.63. The van der Waals surface area contributed by atoms with Gasteiger partial charge in [0.25, 0.3) is 0 Å². The van der Waals surface area contributed by atoms with E-state index >= 15 is 0 Å². The van der Waals surface area contributed by atoms with Crippen LogP contribution in [0.25, 0.3) is 10.9 Å². The molecule has 0 radical (unpaired) electrons. The summed E-state index contributed by atoms with van der Waals surface area (Å²) in [5, 5.41) is 1.40. The van der Waals surface area contributed by atoms with E-state index in [-0.39, 0.29) is 0 Å². The molecular formula is C19H21N3S. The fourth-order valence-corrected chi connectivity index (χ4v) is 4.07. The third kappa shape index (κ3) is 2.73. The van der Waals surface area contributed by atoms with Crippen molar-refractivity contribution in [3.8, 4) is 0 Å². The summed E-state index contributed by atoms with van der Waals surface area (Å²) in [7, 11) is 4.40. The first-order chi connectivity index (χ1) is 11.2. The van der Waals surface area contributed by atoms with Gasteiger partial charge < -0.3 is 14.2 Å². The van der Waals surface area contributed by atoms with Crippen LogP contribution in [-0.2, 0) is 20.0 Å². The Bertz CT molecular complexity index is 839. The first kappa shape index (κ1) is 14.7. The Labute approximate surface area is 141 Å². The van der Waals surface area contributed by atoms with Crippen LogP contribution in [0.3, 0.4) is 0 Å². The van der Waals surface area contributed by atoms with E-state index in [1.165, 1.54) is 27.1 Å². The molecule has 0 amide bonds. The van der Waals surface area contributed by atoms with Crippen molar-refractivity contribution in [1.29, 1.82) is 0 Å². The molecule has 118 valence electrons. The van der Waals surface area contributed by atoms with Crippen LogP contribution >= 0.6 is 11.9 Å². The number of fused-ring (bicyclic) bond motifs is 3. The maximum Gasteiger partial charge on any atom is 0.0484 e. The number of nitrogens with one attached hydrogen (secondary N) is 1. The smallest absolute Gasteiger partial charge is 0.0484 e. The van der Waals surface area contributed by atoms with Crippen LogP contribution in [-0.4, -0.2) is 23.1 Å². The minimum Gasteiger partial charge on any atom is -0.347 e. The van der Waals surface area contributed by atoms with Crippen LogP contribution in [0, 0.1) is 0 Å². The Hall–Kier alpha value is -1.91. The van der Waals surface area contributed by atoms with Crippen molar-refractivity contribution in [3.63, 3.8) is 0 Å². The molecular weight excluding hydrogens is 302 g/mol. The summed E-state index contributed by atoms with van der Waals surface area (Å²) in [5.41, 5.74) is 5.47. The summed E-state index contributed by atoms with van der Waals surface area (Å²) in [6.07, 6.45) is 1.14. The van der Waals surface area contributed by atoms with E-state index in [1.807, 2.05) is 6.07 Å². The van der Waals surface area contributed by atoms with Gasteiger partial charge in [0.05, 0.1) is 0 Å². The lowest BCUT2D eigenvalue weighted by Gasteiger charge is -2.23. The van der Waals surface area contributed by atoms with Gasteiger partial charge >= 0.3 is 0 Å². The first-order valence-electron chi connectivity index (χ1n) is 7.99. The van der Waals surface area contributed by atoms with Gasteiger partial charge in [-0.3, -0.25) is 0 Å². The molecule has 0 atom stereocenters. The maximum absolute atomic E-state index is 3.42. The number of hydrogen-bond acceptors (Lipinski definition) is 3. The molecule has 2 aromatic carbocycles. The third-order valence-corrected chi connectivity index (χ3v) is 5.45. The van der Waals surface area contributed by atoms with Gasteiger partial charge in [-0.2, -0.15) is 0 Å². The summed E-state index contributed by atoms with van der Waals surface area (Å²) < 4.78 is 5.79. The molecule has 23 heavy (non-hydrogen) atoms. The van der Waals surface area contributed by atoms with Crippen LogP contribution in [0.4, 0.5) is 5.69 Å². The zero-order valence-corrected chi connectivity index (χ0v) is 14.4.